The van der Waals surface area contributed by atoms with Gasteiger partial charge in [0, 0.05) is 7.11 Å². The van der Waals surface area contributed by atoms with E-state index in [-0.39, 0.29) is 32.5 Å². The van der Waals surface area contributed by atoms with Crippen LogP contribution in [0.3, 0.4) is 0 Å². The lowest BCUT2D eigenvalue weighted by atomic mass is 10.3. The van der Waals surface area contributed by atoms with Gasteiger partial charge in [0.15, 0.2) is 6.04 Å². The molecule has 1 atom stereocenters. The summed E-state index contributed by atoms with van der Waals surface area (Å²) in [7, 11) is 1.41. The van der Waals surface area contributed by atoms with Gasteiger partial charge in [-0.25, -0.2) is 4.79 Å². The number of carbonyl (C=O) groups is 2. The highest BCUT2D eigenvalue weighted by molar-refractivity contribution is 7.19. The Hall–Kier alpha value is -0.530. The van der Waals surface area contributed by atoms with Crippen LogP contribution in [0.15, 0.2) is 0 Å². The summed E-state index contributed by atoms with van der Waals surface area (Å²) in [5.41, 5.74) is 0. The van der Waals surface area contributed by atoms with Gasteiger partial charge in [0.25, 0.3) is 5.91 Å². The summed E-state index contributed by atoms with van der Waals surface area (Å²) in [6.45, 7) is 1.85. The highest BCUT2D eigenvalue weighted by Gasteiger charge is 2.26. The van der Waals surface area contributed by atoms with Crippen LogP contribution in [0, 0.1) is 0 Å². The maximum atomic E-state index is 12.1. The molecule has 1 N–H and O–H groups in total. The van der Waals surface area contributed by atoms with Gasteiger partial charge in [-0.3, -0.25) is 4.79 Å². The van der Waals surface area contributed by atoms with Crippen LogP contribution >= 0.6 is 46.1 Å². The quantitative estimate of drug-likeness (QED) is 0.792. The fraction of sp³-hybridized carbons (Fsp3) is 0.455. The molecule has 9 heteroatoms. The first-order chi connectivity index (χ1) is 9.42. The van der Waals surface area contributed by atoms with Gasteiger partial charge in [0.05, 0.1) is 23.3 Å². The second-order valence-corrected chi connectivity index (χ2v) is 5.94. The van der Waals surface area contributed by atoms with Gasteiger partial charge in [-0.05, 0) is 6.92 Å². The summed E-state index contributed by atoms with van der Waals surface area (Å²) in [6, 6.07) is -0.928. The predicted molar refractivity (Wildman–Crippen MR) is 79.1 cm³/mol. The van der Waals surface area contributed by atoms with E-state index >= 15 is 0 Å². The molecule has 0 aliphatic heterocycles. The fourth-order valence-electron chi connectivity index (χ4n) is 1.31. The monoisotopic (exact) mass is 359 g/mol. The first kappa shape index (κ1) is 17.5. The van der Waals surface area contributed by atoms with Crippen molar-refractivity contribution < 1.29 is 19.1 Å². The molecule has 1 aromatic heterocycles. The number of methoxy groups -OCH3 is 1. The zero-order chi connectivity index (χ0) is 15.3. The summed E-state index contributed by atoms with van der Waals surface area (Å²) in [4.78, 5) is 23.8. The Balaban J connectivity index is 2.85. The second-order valence-electron chi connectivity index (χ2n) is 3.57. The van der Waals surface area contributed by atoms with Gasteiger partial charge in [-0.2, -0.15) is 0 Å². The number of rotatable bonds is 6. The highest BCUT2D eigenvalue weighted by Crippen LogP contribution is 2.40. The molecule has 0 aliphatic rings. The molecule has 112 valence electrons. The normalized spacial score (nSPS) is 12.1. The minimum absolute atomic E-state index is 0.0188. The van der Waals surface area contributed by atoms with Crippen molar-refractivity contribution in [3.63, 3.8) is 0 Å². The Morgan fingerprint density at radius 1 is 1.30 bits per heavy atom. The number of hydrogen-bond donors (Lipinski definition) is 1. The van der Waals surface area contributed by atoms with Crippen LogP contribution in [-0.4, -0.2) is 38.2 Å². The summed E-state index contributed by atoms with van der Waals surface area (Å²) < 4.78 is 9.92. The third-order valence-corrected chi connectivity index (χ3v) is 4.74. The van der Waals surface area contributed by atoms with Crippen LogP contribution in [0.25, 0.3) is 0 Å². The SMILES string of the molecule is CCOC(=O)C(COC)NC(=O)c1sc(Cl)c(Cl)c1Cl. The standard InChI is InChI=1S/C11H12Cl3NO4S/c1-3-19-11(17)5(4-18-2)15-10(16)8-6(12)7(13)9(14)20-8/h5H,3-4H2,1-2H3,(H,15,16). The lowest BCUT2D eigenvalue weighted by Gasteiger charge is -2.15. The molecule has 0 fully saturated rings. The van der Waals surface area contributed by atoms with Crippen molar-refractivity contribution in [3.05, 3.63) is 19.3 Å². The first-order valence-corrected chi connectivity index (χ1v) is 7.47. The van der Waals surface area contributed by atoms with Crippen LogP contribution in [0.4, 0.5) is 0 Å². The number of nitrogens with one attached hydrogen (secondary N) is 1. The number of thiophene rings is 1. The largest absolute Gasteiger partial charge is 0.464 e. The van der Waals surface area contributed by atoms with Gasteiger partial charge in [-0.15, -0.1) is 11.3 Å². The lowest BCUT2D eigenvalue weighted by molar-refractivity contribution is -0.146. The van der Waals surface area contributed by atoms with E-state index in [4.69, 9.17) is 44.3 Å². The van der Waals surface area contributed by atoms with Crippen molar-refractivity contribution in [2.24, 2.45) is 0 Å². The molecule has 0 spiro atoms. The van der Waals surface area contributed by atoms with Crippen molar-refractivity contribution >= 4 is 58.0 Å². The number of amides is 1. The maximum absolute atomic E-state index is 12.1. The molecule has 0 bridgehead atoms. The third kappa shape index (κ3) is 4.23. The Kier molecular flexibility index (Phi) is 7.05. The van der Waals surface area contributed by atoms with E-state index in [1.54, 1.807) is 6.92 Å². The molecule has 1 rings (SSSR count). The molecule has 0 aliphatic carbocycles. The molecule has 0 saturated heterocycles. The number of carbonyl (C=O) groups excluding carboxylic acids is 2. The topological polar surface area (TPSA) is 64.6 Å². The number of hydrogen-bond acceptors (Lipinski definition) is 5. The molecule has 0 aromatic carbocycles. The molecule has 1 heterocycles. The van der Waals surface area contributed by atoms with E-state index in [9.17, 15) is 9.59 Å². The minimum Gasteiger partial charge on any atom is -0.464 e. The zero-order valence-electron chi connectivity index (χ0n) is 10.7. The summed E-state index contributed by atoms with van der Waals surface area (Å²) >= 11 is 18.4. The minimum atomic E-state index is -0.928. The average molecular weight is 361 g/mol. The third-order valence-electron chi connectivity index (χ3n) is 2.17. The molecule has 5 nitrogen and oxygen atoms in total. The van der Waals surface area contributed by atoms with Crippen molar-refractivity contribution in [3.8, 4) is 0 Å². The van der Waals surface area contributed by atoms with E-state index in [0.717, 1.165) is 11.3 Å². The van der Waals surface area contributed by atoms with Gasteiger partial charge >= 0.3 is 5.97 Å². The smallest absolute Gasteiger partial charge is 0.331 e. The zero-order valence-corrected chi connectivity index (χ0v) is 13.8. The fourth-order valence-corrected chi connectivity index (χ4v) is 3.02. The van der Waals surface area contributed by atoms with Crippen molar-refractivity contribution in [1.82, 2.24) is 5.32 Å². The predicted octanol–water partition coefficient (Wildman–Crippen LogP) is 3.02. The average Bonchev–Trinajstić information content (AvgIpc) is 2.66. The van der Waals surface area contributed by atoms with E-state index in [0.29, 0.717) is 0 Å². The molecule has 20 heavy (non-hydrogen) atoms. The summed E-state index contributed by atoms with van der Waals surface area (Å²) in [5.74, 6) is -1.16. The molecular formula is C11H12Cl3NO4S. The van der Waals surface area contributed by atoms with Gasteiger partial charge in [-0.1, -0.05) is 34.8 Å². The highest BCUT2D eigenvalue weighted by atomic mass is 35.5. The summed E-state index contributed by atoms with van der Waals surface area (Å²) in [5, 5.41) is 2.64. The van der Waals surface area contributed by atoms with Gasteiger partial charge < -0.3 is 14.8 Å². The second kappa shape index (κ2) is 8.05. The molecule has 0 saturated carbocycles. The lowest BCUT2D eigenvalue weighted by Crippen LogP contribution is -2.44. The van der Waals surface area contributed by atoms with Crippen LogP contribution in [0.5, 0.6) is 0 Å². The van der Waals surface area contributed by atoms with E-state index in [1.165, 1.54) is 7.11 Å². The Labute approximate surface area is 135 Å². The molecule has 1 amide bonds. The van der Waals surface area contributed by atoms with Crippen molar-refractivity contribution in [2.45, 2.75) is 13.0 Å². The first-order valence-electron chi connectivity index (χ1n) is 5.52. The number of ether oxygens (including phenoxy) is 2. The maximum Gasteiger partial charge on any atom is 0.331 e. The van der Waals surface area contributed by atoms with E-state index < -0.39 is 17.9 Å². The summed E-state index contributed by atoms with van der Waals surface area (Å²) in [6.07, 6.45) is 0. The van der Waals surface area contributed by atoms with Crippen LogP contribution in [-0.2, 0) is 14.3 Å². The Bertz CT molecular complexity index is 506. The van der Waals surface area contributed by atoms with Gasteiger partial charge in [0.1, 0.15) is 9.21 Å². The van der Waals surface area contributed by atoms with Crippen molar-refractivity contribution in [2.75, 3.05) is 20.3 Å². The molecule has 1 aromatic rings. The molecule has 0 radical (unpaired) electrons. The Morgan fingerprint density at radius 3 is 2.40 bits per heavy atom. The van der Waals surface area contributed by atoms with Gasteiger partial charge in [0.2, 0.25) is 0 Å². The van der Waals surface area contributed by atoms with E-state index in [2.05, 4.69) is 5.32 Å². The number of esters is 1. The van der Waals surface area contributed by atoms with E-state index in [1.807, 2.05) is 0 Å². The van der Waals surface area contributed by atoms with Crippen molar-refractivity contribution in [1.29, 1.82) is 0 Å². The Morgan fingerprint density at radius 2 is 1.95 bits per heavy atom. The number of halogens is 3. The molecular weight excluding hydrogens is 349 g/mol. The van der Waals surface area contributed by atoms with Crippen LogP contribution in [0.2, 0.25) is 14.4 Å². The van der Waals surface area contributed by atoms with Crippen LogP contribution in [0.1, 0.15) is 16.6 Å². The van der Waals surface area contributed by atoms with Crippen LogP contribution < -0.4 is 5.32 Å². The molecule has 1 unspecified atom stereocenters.